The van der Waals surface area contributed by atoms with E-state index in [1.807, 2.05) is 0 Å². The van der Waals surface area contributed by atoms with Gasteiger partial charge in [-0.05, 0) is 13.8 Å². The smallest absolute Gasteiger partial charge is 0.0700 e. The van der Waals surface area contributed by atoms with Crippen molar-refractivity contribution in [3.63, 3.8) is 0 Å². The second-order valence-electron chi connectivity index (χ2n) is 2.99. The Morgan fingerprint density at radius 1 is 1.64 bits per heavy atom. The Morgan fingerprint density at radius 2 is 2.36 bits per heavy atom. The first-order valence-corrected chi connectivity index (χ1v) is 4.05. The fourth-order valence-electron chi connectivity index (χ4n) is 1.34. The number of morpholine rings is 1. The largest absolute Gasteiger partial charge is 0.376 e. The molecule has 1 rings (SSSR count). The lowest BCUT2D eigenvalue weighted by atomic mass is 10.1. The third kappa shape index (κ3) is 1.95. The van der Waals surface area contributed by atoms with Crippen molar-refractivity contribution in [2.45, 2.75) is 26.0 Å². The minimum atomic E-state index is 0.317. The van der Waals surface area contributed by atoms with Gasteiger partial charge in [-0.3, -0.25) is 4.90 Å². The summed E-state index contributed by atoms with van der Waals surface area (Å²) >= 11 is 0. The molecule has 0 aliphatic carbocycles. The summed E-state index contributed by atoms with van der Waals surface area (Å²) in [6.07, 6.45) is 5.55. The van der Waals surface area contributed by atoms with Gasteiger partial charge in [0.15, 0.2) is 0 Å². The van der Waals surface area contributed by atoms with Gasteiger partial charge < -0.3 is 4.74 Å². The zero-order chi connectivity index (χ0) is 8.27. The van der Waals surface area contributed by atoms with E-state index in [2.05, 4.69) is 24.7 Å². The van der Waals surface area contributed by atoms with Crippen molar-refractivity contribution in [1.82, 2.24) is 4.90 Å². The molecule has 62 valence electrons. The highest BCUT2D eigenvalue weighted by Gasteiger charge is 2.23. The Balaban J connectivity index is 2.45. The lowest BCUT2D eigenvalue weighted by molar-refractivity contribution is -0.0499. The summed E-state index contributed by atoms with van der Waals surface area (Å²) in [6.45, 7) is 6.77. The fourth-order valence-corrected chi connectivity index (χ4v) is 1.34. The molecule has 2 nitrogen and oxygen atoms in total. The first-order valence-electron chi connectivity index (χ1n) is 4.05. The van der Waals surface area contributed by atoms with Crippen molar-refractivity contribution in [2.75, 3.05) is 19.7 Å². The molecule has 0 aromatic rings. The Hall–Kier alpha value is -0.520. The van der Waals surface area contributed by atoms with E-state index in [1.165, 1.54) is 0 Å². The van der Waals surface area contributed by atoms with E-state index in [-0.39, 0.29) is 0 Å². The van der Waals surface area contributed by atoms with Gasteiger partial charge in [-0.2, -0.15) is 0 Å². The Bertz CT molecular complexity index is 161. The molecule has 1 heterocycles. The maximum atomic E-state index is 5.46. The van der Waals surface area contributed by atoms with E-state index in [0.29, 0.717) is 12.1 Å². The molecule has 11 heavy (non-hydrogen) atoms. The number of hydrogen-bond acceptors (Lipinski definition) is 2. The van der Waals surface area contributed by atoms with Gasteiger partial charge >= 0.3 is 0 Å². The summed E-state index contributed by atoms with van der Waals surface area (Å²) in [6, 6.07) is 0.458. The lowest BCUT2D eigenvalue weighted by Crippen LogP contribution is -2.48. The molecule has 0 aromatic heterocycles. The number of terminal acetylenes is 1. The highest BCUT2D eigenvalue weighted by atomic mass is 16.5. The Kier molecular flexibility index (Phi) is 2.92. The number of rotatable bonds is 1. The van der Waals surface area contributed by atoms with E-state index in [4.69, 9.17) is 11.2 Å². The molecular weight excluding hydrogens is 138 g/mol. The Morgan fingerprint density at radius 3 is 3.00 bits per heavy atom. The first-order chi connectivity index (χ1) is 5.25. The lowest BCUT2D eigenvalue weighted by Gasteiger charge is -2.36. The van der Waals surface area contributed by atoms with Crippen LogP contribution in [0.15, 0.2) is 0 Å². The van der Waals surface area contributed by atoms with Gasteiger partial charge in [-0.1, -0.05) is 5.92 Å². The van der Waals surface area contributed by atoms with Gasteiger partial charge in [0.05, 0.1) is 19.3 Å². The zero-order valence-electron chi connectivity index (χ0n) is 7.21. The molecule has 0 N–H and O–H groups in total. The summed E-state index contributed by atoms with van der Waals surface area (Å²) in [5, 5.41) is 0. The average molecular weight is 153 g/mol. The van der Waals surface area contributed by atoms with Crippen LogP contribution in [0.25, 0.3) is 0 Å². The van der Waals surface area contributed by atoms with E-state index < -0.39 is 0 Å². The predicted molar refractivity (Wildman–Crippen MR) is 45.3 cm³/mol. The van der Waals surface area contributed by atoms with Gasteiger partial charge in [0, 0.05) is 12.6 Å². The quantitative estimate of drug-likeness (QED) is 0.515. The summed E-state index contributed by atoms with van der Waals surface area (Å²) < 4.78 is 5.46. The predicted octanol–water partition coefficient (Wildman–Crippen LogP) is 0.729. The molecular formula is C9H15NO. The van der Waals surface area contributed by atoms with Crippen LogP contribution in [0.5, 0.6) is 0 Å². The minimum Gasteiger partial charge on any atom is -0.376 e. The molecule has 0 spiro atoms. The minimum absolute atomic E-state index is 0.317. The number of nitrogens with zero attached hydrogens (tertiary/aromatic N) is 1. The first kappa shape index (κ1) is 8.58. The maximum Gasteiger partial charge on any atom is 0.0700 e. The normalized spacial score (nSPS) is 33.2. The molecule has 1 aliphatic rings. The molecule has 1 saturated heterocycles. The molecule has 0 bridgehead atoms. The monoisotopic (exact) mass is 153 g/mol. The summed E-state index contributed by atoms with van der Waals surface area (Å²) in [7, 11) is 0. The van der Waals surface area contributed by atoms with E-state index in [0.717, 1.165) is 19.7 Å². The summed E-state index contributed by atoms with van der Waals surface area (Å²) in [5.74, 6) is 2.66. The summed E-state index contributed by atoms with van der Waals surface area (Å²) in [5.41, 5.74) is 0. The zero-order valence-corrected chi connectivity index (χ0v) is 7.21. The fraction of sp³-hybridized carbons (Fsp3) is 0.778. The second-order valence-corrected chi connectivity index (χ2v) is 2.99. The van der Waals surface area contributed by atoms with Crippen LogP contribution in [-0.4, -0.2) is 36.7 Å². The standard InChI is InChI=1S/C9H15NO/c1-4-5-10-6-7-11-9(3)8(10)2/h1,8-9H,5-7H2,2-3H3. The number of ether oxygens (including phenoxy) is 1. The Labute approximate surface area is 68.5 Å². The van der Waals surface area contributed by atoms with Crippen LogP contribution in [0.4, 0.5) is 0 Å². The van der Waals surface area contributed by atoms with Gasteiger partial charge in [-0.25, -0.2) is 0 Å². The van der Waals surface area contributed by atoms with E-state index in [9.17, 15) is 0 Å². The van der Waals surface area contributed by atoms with Gasteiger partial charge in [0.25, 0.3) is 0 Å². The van der Waals surface area contributed by atoms with Crippen molar-refractivity contribution in [3.05, 3.63) is 0 Å². The number of hydrogen-bond donors (Lipinski definition) is 0. The molecule has 1 fully saturated rings. The van der Waals surface area contributed by atoms with Crippen molar-refractivity contribution in [3.8, 4) is 12.3 Å². The molecule has 0 radical (unpaired) electrons. The van der Waals surface area contributed by atoms with Crippen LogP contribution in [0.1, 0.15) is 13.8 Å². The van der Waals surface area contributed by atoms with E-state index >= 15 is 0 Å². The highest BCUT2D eigenvalue weighted by Crippen LogP contribution is 2.11. The molecule has 2 atom stereocenters. The van der Waals surface area contributed by atoms with Crippen molar-refractivity contribution >= 4 is 0 Å². The maximum absolute atomic E-state index is 5.46. The van der Waals surface area contributed by atoms with Crippen LogP contribution in [0, 0.1) is 12.3 Å². The molecule has 0 saturated carbocycles. The third-order valence-electron chi connectivity index (χ3n) is 2.31. The third-order valence-corrected chi connectivity index (χ3v) is 2.31. The molecule has 1 aliphatic heterocycles. The molecule has 2 heteroatoms. The van der Waals surface area contributed by atoms with Crippen LogP contribution in [-0.2, 0) is 4.74 Å². The molecule has 0 amide bonds. The topological polar surface area (TPSA) is 12.5 Å². The average Bonchev–Trinajstić information content (AvgIpc) is 1.99. The molecule has 0 aromatic carbocycles. The van der Waals surface area contributed by atoms with Crippen LogP contribution in [0.2, 0.25) is 0 Å². The van der Waals surface area contributed by atoms with Crippen molar-refractivity contribution in [2.24, 2.45) is 0 Å². The highest BCUT2D eigenvalue weighted by molar-refractivity contribution is 4.91. The van der Waals surface area contributed by atoms with Crippen LogP contribution < -0.4 is 0 Å². The van der Waals surface area contributed by atoms with Gasteiger partial charge in [0.2, 0.25) is 0 Å². The summed E-state index contributed by atoms with van der Waals surface area (Å²) in [4.78, 5) is 2.27. The van der Waals surface area contributed by atoms with Crippen molar-refractivity contribution < 1.29 is 4.74 Å². The van der Waals surface area contributed by atoms with E-state index in [1.54, 1.807) is 0 Å². The molecule has 2 unspecified atom stereocenters. The second kappa shape index (κ2) is 3.75. The van der Waals surface area contributed by atoms with Crippen molar-refractivity contribution in [1.29, 1.82) is 0 Å². The van der Waals surface area contributed by atoms with Crippen LogP contribution >= 0.6 is 0 Å². The van der Waals surface area contributed by atoms with Crippen LogP contribution in [0.3, 0.4) is 0 Å². The SMILES string of the molecule is C#CCN1CCOC(C)C1C. The van der Waals surface area contributed by atoms with Gasteiger partial charge in [-0.15, -0.1) is 6.42 Å². The van der Waals surface area contributed by atoms with Gasteiger partial charge in [0.1, 0.15) is 0 Å².